The van der Waals surface area contributed by atoms with Gasteiger partial charge >= 0.3 is 0 Å². The van der Waals surface area contributed by atoms with E-state index in [1.54, 1.807) is 4.90 Å². The van der Waals surface area contributed by atoms with Crippen molar-refractivity contribution in [3.05, 3.63) is 30.1 Å². The topological polar surface area (TPSA) is 92.7 Å². The predicted octanol–water partition coefficient (Wildman–Crippen LogP) is 2.09. The van der Waals surface area contributed by atoms with Crippen molar-refractivity contribution in [3.8, 4) is 5.19 Å². The van der Waals surface area contributed by atoms with E-state index in [1.165, 1.54) is 45.6 Å². The summed E-state index contributed by atoms with van der Waals surface area (Å²) in [7, 11) is -3.78. The molecule has 1 aliphatic rings. The highest BCUT2D eigenvalue weighted by Crippen LogP contribution is 2.28. The quantitative estimate of drug-likeness (QED) is 0.584. The summed E-state index contributed by atoms with van der Waals surface area (Å²) < 4.78 is 46.0. The summed E-state index contributed by atoms with van der Waals surface area (Å²) in [4.78, 5) is 14.0. The van der Waals surface area contributed by atoms with Gasteiger partial charge in [-0.15, -0.1) is 5.10 Å². The highest BCUT2D eigenvalue weighted by molar-refractivity contribution is 8.01. The number of carbonyl (C=O) groups excluding carboxylic acids is 1. The third kappa shape index (κ3) is 5.65. The molecule has 0 saturated carbocycles. The number of hydrogen-bond acceptors (Lipinski definition) is 8. The average molecular weight is 461 g/mol. The van der Waals surface area contributed by atoms with Crippen molar-refractivity contribution in [2.45, 2.75) is 29.2 Å². The third-order valence-electron chi connectivity index (χ3n) is 4.07. The zero-order chi connectivity index (χ0) is 21.0. The summed E-state index contributed by atoms with van der Waals surface area (Å²) in [5, 5.41) is 8.37. The first kappa shape index (κ1) is 21.9. The SMILES string of the molecule is CC(C)Oc1nnc(SCC(=O)N2CCN(S(=O)(=O)c3cccc(F)c3)CC2)s1. The van der Waals surface area contributed by atoms with Crippen LogP contribution in [0.1, 0.15) is 13.8 Å². The summed E-state index contributed by atoms with van der Waals surface area (Å²) in [6.45, 7) is 4.69. The smallest absolute Gasteiger partial charge is 0.295 e. The van der Waals surface area contributed by atoms with E-state index in [1.807, 2.05) is 13.8 Å². The molecule has 0 radical (unpaired) electrons. The molecule has 0 bridgehead atoms. The minimum absolute atomic E-state index is 0.00221. The molecule has 8 nitrogen and oxygen atoms in total. The number of benzene rings is 1. The molecule has 1 aliphatic heterocycles. The van der Waals surface area contributed by atoms with Crippen LogP contribution in [0.4, 0.5) is 4.39 Å². The molecule has 1 amide bonds. The van der Waals surface area contributed by atoms with Gasteiger partial charge in [0.25, 0.3) is 5.19 Å². The van der Waals surface area contributed by atoms with Crippen molar-refractivity contribution >= 4 is 39.0 Å². The van der Waals surface area contributed by atoms with E-state index in [0.29, 0.717) is 9.53 Å². The first-order valence-corrected chi connectivity index (χ1v) is 12.2. The summed E-state index contributed by atoms with van der Waals surface area (Å²) in [5.41, 5.74) is 0. The highest BCUT2D eigenvalue weighted by Gasteiger charge is 2.30. The second-order valence-electron chi connectivity index (χ2n) is 6.53. The molecule has 0 unspecified atom stereocenters. The van der Waals surface area contributed by atoms with Gasteiger partial charge in [0.1, 0.15) is 5.82 Å². The lowest BCUT2D eigenvalue weighted by atomic mass is 10.3. The molecule has 2 aromatic rings. The molecule has 1 fully saturated rings. The molecule has 1 aromatic heterocycles. The van der Waals surface area contributed by atoms with Gasteiger partial charge in [-0.2, -0.15) is 4.31 Å². The largest absolute Gasteiger partial charge is 0.466 e. The molecule has 0 N–H and O–H groups in total. The number of rotatable bonds is 7. The molecule has 0 spiro atoms. The van der Waals surface area contributed by atoms with Gasteiger partial charge in [-0.1, -0.05) is 22.9 Å². The fraction of sp³-hybridized carbons (Fsp3) is 0.471. The van der Waals surface area contributed by atoms with Crippen molar-refractivity contribution in [1.29, 1.82) is 0 Å². The lowest BCUT2D eigenvalue weighted by Gasteiger charge is -2.34. The van der Waals surface area contributed by atoms with E-state index >= 15 is 0 Å². The van der Waals surface area contributed by atoms with E-state index in [2.05, 4.69) is 10.2 Å². The second-order valence-corrected chi connectivity index (χ2v) is 10.6. The van der Waals surface area contributed by atoms with E-state index in [-0.39, 0.29) is 48.8 Å². The zero-order valence-electron chi connectivity index (χ0n) is 15.9. The number of hydrogen-bond donors (Lipinski definition) is 0. The van der Waals surface area contributed by atoms with Crippen LogP contribution in [0, 0.1) is 5.82 Å². The lowest BCUT2D eigenvalue weighted by molar-refractivity contribution is -0.129. The second kappa shape index (κ2) is 9.37. The molecule has 12 heteroatoms. The summed E-state index contributed by atoms with van der Waals surface area (Å²) in [6.07, 6.45) is 0.00221. The van der Waals surface area contributed by atoms with E-state index in [0.717, 1.165) is 6.07 Å². The number of thioether (sulfide) groups is 1. The van der Waals surface area contributed by atoms with Gasteiger partial charge in [-0.3, -0.25) is 4.79 Å². The van der Waals surface area contributed by atoms with Crippen LogP contribution in [0.2, 0.25) is 0 Å². The van der Waals surface area contributed by atoms with Crippen molar-refractivity contribution in [1.82, 2.24) is 19.4 Å². The summed E-state index contributed by atoms with van der Waals surface area (Å²) in [6, 6.07) is 4.93. The minimum Gasteiger partial charge on any atom is -0.466 e. The van der Waals surface area contributed by atoms with Gasteiger partial charge in [-0.25, -0.2) is 12.8 Å². The molecule has 158 valence electrons. The molecule has 1 aromatic carbocycles. The zero-order valence-corrected chi connectivity index (χ0v) is 18.4. The normalized spacial score (nSPS) is 15.7. The van der Waals surface area contributed by atoms with Crippen LogP contribution in [0.25, 0.3) is 0 Å². The molecule has 0 atom stereocenters. The number of piperazine rings is 1. The maximum absolute atomic E-state index is 13.4. The molecule has 3 rings (SSSR count). The summed E-state index contributed by atoms with van der Waals surface area (Å²) in [5.74, 6) is -0.512. The molecule has 29 heavy (non-hydrogen) atoms. The molecule has 1 saturated heterocycles. The standard InChI is InChI=1S/C17H21FN4O4S3/c1-12(2)26-16-19-20-17(28-16)27-11-15(23)21-6-8-22(9-7-21)29(24,25)14-5-3-4-13(18)10-14/h3-5,10,12H,6-9,11H2,1-2H3. The van der Waals surface area contributed by atoms with Crippen LogP contribution < -0.4 is 4.74 Å². The number of amides is 1. The fourth-order valence-electron chi connectivity index (χ4n) is 2.67. The number of aromatic nitrogens is 2. The molecular weight excluding hydrogens is 439 g/mol. The van der Waals surface area contributed by atoms with E-state index in [9.17, 15) is 17.6 Å². The number of ether oxygens (including phenoxy) is 1. The minimum atomic E-state index is -3.78. The Morgan fingerprint density at radius 1 is 1.28 bits per heavy atom. The Bertz CT molecular complexity index is 959. The lowest BCUT2D eigenvalue weighted by Crippen LogP contribution is -2.50. The van der Waals surface area contributed by atoms with Crippen LogP contribution in [0.5, 0.6) is 5.19 Å². The Labute approximate surface area is 177 Å². The van der Waals surface area contributed by atoms with Gasteiger partial charge in [0.2, 0.25) is 15.9 Å². The predicted molar refractivity (Wildman–Crippen MR) is 108 cm³/mol. The van der Waals surface area contributed by atoms with Crippen LogP contribution in [-0.4, -0.2) is 71.8 Å². The van der Waals surface area contributed by atoms with Gasteiger partial charge < -0.3 is 9.64 Å². The first-order valence-electron chi connectivity index (χ1n) is 8.92. The number of halogens is 1. The number of nitrogens with zero attached hydrogens (tertiary/aromatic N) is 4. The third-order valence-corrected chi connectivity index (χ3v) is 7.90. The number of sulfonamides is 1. The monoisotopic (exact) mass is 460 g/mol. The van der Waals surface area contributed by atoms with Crippen molar-refractivity contribution in [2.75, 3.05) is 31.9 Å². The van der Waals surface area contributed by atoms with Crippen LogP contribution in [-0.2, 0) is 14.8 Å². The van der Waals surface area contributed by atoms with Crippen molar-refractivity contribution in [3.63, 3.8) is 0 Å². The Morgan fingerprint density at radius 2 is 2.00 bits per heavy atom. The van der Waals surface area contributed by atoms with E-state index < -0.39 is 15.8 Å². The fourth-order valence-corrected chi connectivity index (χ4v) is 5.84. The van der Waals surface area contributed by atoms with Gasteiger partial charge in [0, 0.05) is 26.2 Å². The molecular formula is C17H21FN4O4S3. The average Bonchev–Trinajstić information content (AvgIpc) is 3.13. The van der Waals surface area contributed by atoms with Gasteiger partial charge in [0.05, 0.1) is 16.8 Å². The maximum atomic E-state index is 13.4. The Balaban J connectivity index is 1.51. The van der Waals surface area contributed by atoms with Crippen LogP contribution >= 0.6 is 23.1 Å². The first-order chi connectivity index (χ1) is 13.8. The Kier molecular flexibility index (Phi) is 7.09. The van der Waals surface area contributed by atoms with Crippen molar-refractivity contribution in [2.24, 2.45) is 0 Å². The van der Waals surface area contributed by atoms with Gasteiger partial charge in [-0.05, 0) is 43.4 Å². The Hall–Kier alpha value is -1.76. The summed E-state index contributed by atoms with van der Waals surface area (Å²) >= 11 is 2.56. The van der Waals surface area contributed by atoms with Crippen LogP contribution in [0.15, 0.2) is 33.5 Å². The van der Waals surface area contributed by atoms with Gasteiger partial charge in [0.15, 0.2) is 4.34 Å². The highest BCUT2D eigenvalue weighted by atomic mass is 32.2. The van der Waals surface area contributed by atoms with Crippen LogP contribution in [0.3, 0.4) is 0 Å². The molecule has 2 heterocycles. The van der Waals surface area contributed by atoms with E-state index in [4.69, 9.17) is 4.74 Å². The maximum Gasteiger partial charge on any atom is 0.295 e. The number of carbonyl (C=O) groups is 1. The Morgan fingerprint density at radius 3 is 2.66 bits per heavy atom. The molecule has 0 aliphatic carbocycles. The van der Waals surface area contributed by atoms with Crippen molar-refractivity contribution < 1.29 is 22.3 Å².